The Morgan fingerprint density at radius 3 is 2.75 bits per heavy atom. The monoisotopic (exact) mass is 296 g/mol. The van der Waals surface area contributed by atoms with Crippen molar-refractivity contribution in [3.05, 3.63) is 10.5 Å². The molecular formula is C14H24N4OS. The molecule has 0 unspecified atom stereocenters. The summed E-state index contributed by atoms with van der Waals surface area (Å²) in [5.74, 6) is 0. The van der Waals surface area contributed by atoms with Gasteiger partial charge in [0.25, 0.3) is 0 Å². The zero-order valence-electron chi connectivity index (χ0n) is 12.6. The quantitative estimate of drug-likeness (QED) is 0.601. The zero-order valence-corrected chi connectivity index (χ0v) is 13.4. The van der Waals surface area contributed by atoms with Crippen LogP contribution in [0.2, 0.25) is 0 Å². The minimum Gasteiger partial charge on any atom is -0.381 e. The Kier molecular flexibility index (Phi) is 5.37. The van der Waals surface area contributed by atoms with Crippen molar-refractivity contribution in [2.24, 2.45) is 7.05 Å². The SMILES string of the molecule is CCCOCCCn1c(=S)[nH]c2c(CCC)nn(C)c21. The molecule has 0 spiro atoms. The fourth-order valence-corrected chi connectivity index (χ4v) is 2.75. The molecule has 0 aliphatic rings. The smallest absolute Gasteiger partial charge is 0.179 e. The molecule has 6 heteroatoms. The summed E-state index contributed by atoms with van der Waals surface area (Å²) in [5.41, 5.74) is 3.29. The molecular weight excluding hydrogens is 272 g/mol. The third kappa shape index (κ3) is 3.12. The summed E-state index contributed by atoms with van der Waals surface area (Å²) in [7, 11) is 1.98. The number of imidazole rings is 1. The Morgan fingerprint density at radius 1 is 1.25 bits per heavy atom. The highest BCUT2D eigenvalue weighted by atomic mass is 32.1. The first kappa shape index (κ1) is 15.3. The van der Waals surface area contributed by atoms with E-state index in [9.17, 15) is 0 Å². The van der Waals surface area contributed by atoms with Crippen molar-refractivity contribution >= 4 is 23.4 Å². The van der Waals surface area contributed by atoms with E-state index in [2.05, 4.69) is 28.5 Å². The number of hydrogen-bond donors (Lipinski definition) is 1. The van der Waals surface area contributed by atoms with Crippen molar-refractivity contribution in [3.8, 4) is 0 Å². The highest BCUT2D eigenvalue weighted by Crippen LogP contribution is 2.19. The van der Waals surface area contributed by atoms with Crippen LogP contribution < -0.4 is 0 Å². The molecule has 20 heavy (non-hydrogen) atoms. The largest absolute Gasteiger partial charge is 0.381 e. The Bertz CT molecular complexity index is 610. The lowest BCUT2D eigenvalue weighted by atomic mass is 10.2. The molecule has 0 atom stereocenters. The number of hydrogen-bond acceptors (Lipinski definition) is 3. The molecule has 0 amide bonds. The average Bonchev–Trinajstić information content (AvgIpc) is 2.89. The number of nitrogens with one attached hydrogen (secondary N) is 1. The maximum Gasteiger partial charge on any atom is 0.179 e. The lowest BCUT2D eigenvalue weighted by Gasteiger charge is -2.05. The summed E-state index contributed by atoms with van der Waals surface area (Å²) in [6, 6.07) is 0. The predicted octanol–water partition coefficient (Wildman–Crippen LogP) is 3.20. The van der Waals surface area contributed by atoms with Gasteiger partial charge in [-0.2, -0.15) is 5.10 Å². The standard InChI is InChI=1S/C14H24N4OS/c1-4-7-11-12-13(17(3)16-11)18(14(20)15-12)8-6-10-19-9-5-2/h4-10H2,1-3H3,(H,15,20). The van der Waals surface area contributed by atoms with Crippen molar-refractivity contribution < 1.29 is 4.74 Å². The first-order chi connectivity index (χ1) is 9.69. The number of aryl methyl sites for hydroxylation is 3. The number of rotatable bonds is 8. The van der Waals surface area contributed by atoms with Crippen LogP contribution in [0.4, 0.5) is 0 Å². The second-order valence-corrected chi connectivity index (χ2v) is 5.45. The van der Waals surface area contributed by atoms with Gasteiger partial charge in [-0.25, -0.2) is 0 Å². The Balaban J connectivity index is 2.16. The zero-order chi connectivity index (χ0) is 14.5. The van der Waals surface area contributed by atoms with Gasteiger partial charge in [0.2, 0.25) is 0 Å². The average molecular weight is 296 g/mol. The third-order valence-corrected chi connectivity index (χ3v) is 3.65. The van der Waals surface area contributed by atoms with Gasteiger partial charge in [-0.15, -0.1) is 0 Å². The summed E-state index contributed by atoms with van der Waals surface area (Å²) < 4.78 is 10.4. The van der Waals surface area contributed by atoms with E-state index in [4.69, 9.17) is 17.0 Å². The van der Waals surface area contributed by atoms with Crippen LogP contribution in [-0.2, 0) is 24.8 Å². The van der Waals surface area contributed by atoms with Gasteiger partial charge in [-0.3, -0.25) is 4.68 Å². The van der Waals surface area contributed by atoms with Gasteiger partial charge in [-0.05, 0) is 31.5 Å². The van der Waals surface area contributed by atoms with E-state index in [1.165, 1.54) is 0 Å². The molecule has 0 aliphatic carbocycles. The van der Waals surface area contributed by atoms with Crippen LogP contribution in [0.3, 0.4) is 0 Å². The Morgan fingerprint density at radius 2 is 2.05 bits per heavy atom. The molecule has 2 aromatic rings. The van der Waals surface area contributed by atoms with Gasteiger partial charge < -0.3 is 14.3 Å². The lowest BCUT2D eigenvalue weighted by molar-refractivity contribution is 0.129. The van der Waals surface area contributed by atoms with E-state index in [0.29, 0.717) is 0 Å². The van der Waals surface area contributed by atoms with Crippen LogP contribution in [0, 0.1) is 4.77 Å². The third-order valence-electron chi connectivity index (χ3n) is 3.33. The topological polar surface area (TPSA) is 47.8 Å². The van der Waals surface area contributed by atoms with E-state index in [1.807, 2.05) is 11.7 Å². The van der Waals surface area contributed by atoms with Crippen molar-refractivity contribution in [2.75, 3.05) is 13.2 Å². The van der Waals surface area contributed by atoms with Crippen LogP contribution in [0.5, 0.6) is 0 Å². The van der Waals surface area contributed by atoms with Gasteiger partial charge in [0, 0.05) is 26.8 Å². The molecule has 0 saturated carbocycles. The van der Waals surface area contributed by atoms with Gasteiger partial charge in [-0.1, -0.05) is 20.3 Å². The number of H-pyrrole nitrogens is 1. The number of aromatic amines is 1. The van der Waals surface area contributed by atoms with Crippen molar-refractivity contribution in [2.45, 2.75) is 46.1 Å². The first-order valence-corrected chi connectivity index (χ1v) is 7.82. The molecule has 0 aromatic carbocycles. The number of nitrogens with zero attached hydrogens (tertiary/aromatic N) is 3. The molecule has 112 valence electrons. The highest BCUT2D eigenvalue weighted by molar-refractivity contribution is 7.71. The molecule has 0 fully saturated rings. The maximum absolute atomic E-state index is 5.53. The van der Waals surface area contributed by atoms with Crippen molar-refractivity contribution in [1.29, 1.82) is 0 Å². The van der Waals surface area contributed by atoms with Gasteiger partial charge in [0.15, 0.2) is 10.4 Å². The van der Waals surface area contributed by atoms with Crippen molar-refractivity contribution in [3.63, 3.8) is 0 Å². The van der Waals surface area contributed by atoms with Gasteiger partial charge >= 0.3 is 0 Å². The number of fused-ring (bicyclic) bond motifs is 1. The highest BCUT2D eigenvalue weighted by Gasteiger charge is 2.14. The van der Waals surface area contributed by atoms with E-state index in [0.717, 1.165) is 67.1 Å². The molecule has 0 saturated heterocycles. The summed E-state index contributed by atoms with van der Waals surface area (Å²) in [4.78, 5) is 3.31. The summed E-state index contributed by atoms with van der Waals surface area (Å²) in [5, 5.41) is 4.59. The maximum atomic E-state index is 5.53. The number of aromatic nitrogens is 4. The predicted molar refractivity (Wildman–Crippen MR) is 83.6 cm³/mol. The molecule has 2 rings (SSSR count). The molecule has 0 radical (unpaired) electrons. The fourth-order valence-electron chi connectivity index (χ4n) is 2.47. The summed E-state index contributed by atoms with van der Waals surface area (Å²) >= 11 is 5.44. The van der Waals surface area contributed by atoms with Gasteiger partial charge in [0.05, 0.1) is 5.69 Å². The van der Waals surface area contributed by atoms with Crippen LogP contribution in [0.25, 0.3) is 11.2 Å². The van der Waals surface area contributed by atoms with E-state index >= 15 is 0 Å². The van der Waals surface area contributed by atoms with E-state index in [1.54, 1.807) is 0 Å². The Labute approximate surface area is 124 Å². The molecule has 1 N–H and O–H groups in total. The van der Waals surface area contributed by atoms with E-state index in [-0.39, 0.29) is 0 Å². The lowest BCUT2D eigenvalue weighted by Crippen LogP contribution is -2.06. The minimum atomic E-state index is 0.779. The fraction of sp³-hybridized carbons (Fsp3) is 0.714. The molecule has 0 bridgehead atoms. The second kappa shape index (κ2) is 7.04. The second-order valence-electron chi connectivity index (χ2n) is 5.07. The Hall–Kier alpha value is -1.14. The van der Waals surface area contributed by atoms with Crippen LogP contribution in [-0.4, -0.2) is 32.5 Å². The molecule has 2 aromatic heterocycles. The summed E-state index contributed by atoms with van der Waals surface area (Å²) in [6.07, 6.45) is 4.10. The van der Waals surface area contributed by atoms with Crippen LogP contribution in [0.1, 0.15) is 38.8 Å². The van der Waals surface area contributed by atoms with E-state index < -0.39 is 0 Å². The van der Waals surface area contributed by atoms with Crippen LogP contribution in [0.15, 0.2) is 0 Å². The normalized spacial score (nSPS) is 11.6. The summed E-state index contributed by atoms with van der Waals surface area (Å²) in [6.45, 7) is 6.77. The molecule has 0 aliphatic heterocycles. The van der Waals surface area contributed by atoms with Gasteiger partial charge in [0.1, 0.15) is 5.52 Å². The molecule has 5 nitrogen and oxygen atoms in total. The number of ether oxygens (including phenoxy) is 1. The minimum absolute atomic E-state index is 0.779. The molecule has 2 heterocycles. The van der Waals surface area contributed by atoms with Crippen molar-refractivity contribution in [1.82, 2.24) is 19.3 Å². The van der Waals surface area contributed by atoms with Crippen LogP contribution >= 0.6 is 12.2 Å². The first-order valence-electron chi connectivity index (χ1n) is 7.41.